The van der Waals surface area contributed by atoms with Crippen LogP contribution in [-0.2, 0) is 24.2 Å². The van der Waals surface area contributed by atoms with Crippen LogP contribution in [0.3, 0.4) is 0 Å². The molecule has 2 heterocycles. The molecule has 0 atom stereocenters. The summed E-state index contributed by atoms with van der Waals surface area (Å²) in [7, 11) is 0. The van der Waals surface area contributed by atoms with Gasteiger partial charge >= 0.3 is 0 Å². The lowest BCUT2D eigenvalue weighted by Crippen LogP contribution is -2.36. The third-order valence-corrected chi connectivity index (χ3v) is 4.54. The molecule has 7 heteroatoms. The minimum absolute atomic E-state index is 0.0891. The second-order valence-corrected chi connectivity index (χ2v) is 6.38. The van der Waals surface area contributed by atoms with E-state index in [4.69, 9.17) is 17.3 Å². The highest BCUT2D eigenvalue weighted by molar-refractivity contribution is 6.30. The average Bonchev–Trinajstić information content (AvgIpc) is 3.00. The van der Waals surface area contributed by atoms with Crippen LogP contribution in [0.2, 0.25) is 5.02 Å². The second kappa shape index (κ2) is 7.05. The molecule has 126 valence electrons. The summed E-state index contributed by atoms with van der Waals surface area (Å²) in [6.45, 7) is 1.02. The van der Waals surface area contributed by atoms with Gasteiger partial charge in [0.25, 0.3) is 5.91 Å². The van der Waals surface area contributed by atoms with Crippen LogP contribution in [0.15, 0.2) is 24.3 Å². The van der Waals surface area contributed by atoms with Crippen molar-refractivity contribution in [1.82, 2.24) is 15.1 Å². The third-order valence-electron chi connectivity index (χ3n) is 4.29. The normalized spacial score (nSPS) is 13.6. The fourth-order valence-electron chi connectivity index (χ4n) is 2.96. The number of aromatic amines is 1. The maximum Gasteiger partial charge on any atom is 0.269 e. The molecule has 0 unspecified atom stereocenters. The Labute approximate surface area is 145 Å². The van der Waals surface area contributed by atoms with Crippen molar-refractivity contribution >= 4 is 23.4 Å². The number of hydrogen-bond acceptors (Lipinski definition) is 3. The first-order chi connectivity index (χ1) is 11.5. The van der Waals surface area contributed by atoms with Crippen molar-refractivity contribution in [2.75, 3.05) is 6.54 Å². The highest BCUT2D eigenvalue weighted by Crippen LogP contribution is 2.21. The standard InChI is InChI=1S/C17H19ClN4O2/c18-12-6-4-11(5-7-12)2-1-3-15(23)22-9-8-14-13(10-22)16(17(19)24)21-20-14/h4-7H,1-3,8-10H2,(H2,19,24)(H,20,21). The molecule has 0 aliphatic carbocycles. The molecule has 1 aliphatic rings. The fourth-order valence-corrected chi connectivity index (χ4v) is 3.09. The maximum atomic E-state index is 12.4. The van der Waals surface area contributed by atoms with Crippen LogP contribution in [0.4, 0.5) is 0 Å². The highest BCUT2D eigenvalue weighted by Gasteiger charge is 2.26. The Morgan fingerprint density at radius 3 is 2.75 bits per heavy atom. The van der Waals surface area contributed by atoms with Gasteiger partial charge in [-0.1, -0.05) is 23.7 Å². The smallest absolute Gasteiger partial charge is 0.269 e. The largest absolute Gasteiger partial charge is 0.364 e. The molecule has 2 amide bonds. The summed E-state index contributed by atoms with van der Waals surface area (Å²) in [6.07, 6.45) is 2.75. The zero-order chi connectivity index (χ0) is 17.1. The van der Waals surface area contributed by atoms with E-state index >= 15 is 0 Å². The number of primary amides is 1. The first-order valence-corrected chi connectivity index (χ1v) is 8.30. The van der Waals surface area contributed by atoms with Gasteiger partial charge in [0.05, 0.1) is 0 Å². The number of fused-ring (bicyclic) bond motifs is 1. The molecular weight excluding hydrogens is 328 g/mol. The minimum atomic E-state index is -0.565. The molecule has 0 saturated carbocycles. The van der Waals surface area contributed by atoms with E-state index in [0.717, 1.165) is 24.1 Å². The van der Waals surface area contributed by atoms with Crippen LogP contribution in [0.25, 0.3) is 0 Å². The number of rotatable bonds is 5. The predicted molar refractivity (Wildman–Crippen MR) is 90.6 cm³/mol. The Morgan fingerprint density at radius 2 is 2.04 bits per heavy atom. The number of H-pyrrole nitrogens is 1. The first kappa shape index (κ1) is 16.5. The van der Waals surface area contributed by atoms with Crippen LogP contribution in [-0.4, -0.2) is 33.5 Å². The van der Waals surface area contributed by atoms with Gasteiger partial charge in [0.2, 0.25) is 5.91 Å². The Kier molecular flexibility index (Phi) is 4.85. The minimum Gasteiger partial charge on any atom is -0.364 e. The number of nitrogens with one attached hydrogen (secondary N) is 1. The third kappa shape index (κ3) is 3.59. The highest BCUT2D eigenvalue weighted by atomic mass is 35.5. The lowest BCUT2D eigenvalue weighted by molar-refractivity contribution is -0.132. The zero-order valence-corrected chi connectivity index (χ0v) is 14.0. The second-order valence-electron chi connectivity index (χ2n) is 5.94. The number of amides is 2. The van der Waals surface area contributed by atoms with Crippen molar-refractivity contribution in [2.24, 2.45) is 5.73 Å². The molecule has 2 aromatic rings. The zero-order valence-electron chi connectivity index (χ0n) is 13.2. The summed E-state index contributed by atoms with van der Waals surface area (Å²) in [5.41, 5.74) is 8.38. The lowest BCUT2D eigenvalue weighted by Gasteiger charge is -2.27. The number of benzene rings is 1. The van der Waals surface area contributed by atoms with E-state index in [2.05, 4.69) is 10.2 Å². The molecule has 6 nitrogen and oxygen atoms in total. The number of aromatic nitrogens is 2. The van der Waals surface area contributed by atoms with Crippen LogP contribution in [0.1, 0.15) is 40.2 Å². The molecular formula is C17H19ClN4O2. The van der Waals surface area contributed by atoms with Gasteiger partial charge in [0.1, 0.15) is 0 Å². The Balaban J connectivity index is 1.55. The van der Waals surface area contributed by atoms with Crippen molar-refractivity contribution in [2.45, 2.75) is 32.2 Å². The topological polar surface area (TPSA) is 92.1 Å². The Bertz CT molecular complexity index is 754. The molecule has 3 N–H and O–H groups in total. The summed E-state index contributed by atoms with van der Waals surface area (Å²) >= 11 is 5.86. The van der Waals surface area contributed by atoms with Crippen molar-refractivity contribution in [3.8, 4) is 0 Å². The predicted octanol–water partition coefficient (Wildman–Crippen LogP) is 2.07. The molecule has 0 bridgehead atoms. The van der Waals surface area contributed by atoms with E-state index in [0.29, 0.717) is 31.0 Å². The van der Waals surface area contributed by atoms with Gasteiger partial charge in [-0.15, -0.1) is 0 Å². The van der Waals surface area contributed by atoms with E-state index in [1.807, 2.05) is 24.3 Å². The van der Waals surface area contributed by atoms with E-state index < -0.39 is 5.91 Å². The van der Waals surface area contributed by atoms with Crippen LogP contribution >= 0.6 is 11.6 Å². The van der Waals surface area contributed by atoms with Gasteiger partial charge in [-0.2, -0.15) is 5.10 Å². The van der Waals surface area contributed by atoms with Gasteiger partial charge in [0.15, 0.2) is 5.69 Å². The first-order valence-electron chi connectivity index (χ1n) is 7.92. The van der Waals surface area contributed by atoms with Crippen molar-refractivity contribution < 1.29 is 9.59 Å². The molecule has 1 aromatic heterocycles. The van der Waals surface area contributed by atoms with Gasteiger partial charge in [-0.3, -0.25) is 14.7 Å². The molecule has 0 spiro atoms. The van der Waals surface area contributed by atoms with Crippen molar-refractivity contribution in [1.29, 1.82) is 0 Å². The molecule has 0 saturated heterocycles. The van der Waals surface area contributed by atoms with E-state index in [1.54, 1.807) is 4.90 Å². The molecule has 1 aliphatic heterocycles. The summed E-state index contributed by atoms with van der Waals surface area (Å²) in [4.78, 5) is 25.6. The van der Waals surface area contributed by atoms with Crippen LogP contribution < -0.4 is 5.73 Å². The Hall–Kier alpha value is -2.34. The molecule has 24 heavy (non-hydrogen) atoms. The van der Waals surface area contributed by atoms with Gasteiger partial charge in [-0.05, 0) is 30.5 Å². The number of halogens is 1. The number of aryl methyl sites for hydroxylation is 1. The fraction of sp³-hybridized carbons (Fsp3) is 0.353. The van der Waals surface area contributed by atoms with E-state index in [1.165, 1.54) is 5.56 Å². The van der Waals surface area contributed by atoms with Crippen LogP contribution in [0.5, 0.6) is 0 Å². The molecule has 0 fully saturated rings. The number of hydrogen-bond donors (Lipinski definition) is 2. The van der Waals surface area contributed by atoms with Gasteiger partial charge in [0, 0.05) is 42.2 Å². The summed E-state index contributed by atoms with van der Waals surface area (Å²) < 4.78 is 0. The number of nitrogens with two attached hydrogens (primary N) is 1. The average molecular weight is 347 g/mol. The van der Waals surface area contributed by atoms with Gasteiger partial charge < -0.3 is 10.6 Å². The SMILES string of the molecule is NC(=O)c1n[nH]c2c1CN(C(=O)CCCc1ccc(Cl)cc1)CC2. The van der Waals surface area contributed by atoms with Crippen molar-refractivity contribution in [3.63, 3.8) is 0 Å². The molecule has 0 radical (unpaired) electrons. The van der Waals surface area contributed by atoms with E-state index in [-0.39, 0.29) is 11.6 Å². The maximum absolute atomic E-state index is 12.4. The molecule has 1 aromatic carbocycles. The molecule has 3 rings (SSSR count). The van der Waals surface area contributed by atoms with Gasteiger partial charge in [-0.25, -0.2) is 0 Å². The number of carbonyl (C=O) groups excluding carboxylic acids is 2. The quantitative estimate of drug-likeness (QED) is 0.868. The number of carbonyl (C=O) groups is 2. The summed E-state index contributed by atoms with van der Waals surface area (Å²) in [6, 6.07) is 7.67. The van der Waals surface area contributed by atoms with Crippen LogP contribution in [0, 0.1) is 0 Å². The Morgan fingerprint density at radius 1 is 1.29 bits per heavy atom. The van der Waals surface area contributed by atoms with Crippen molar-refractivity contribution in [3.05, 3.63) is 51.8 Å². The monoisotopic (exact) mass is 346 g/mol. The summed E-state index contributed by atoms with van der Waals surface area (Å²) in [5.74, 6) is -0.476. The lowest BCUT2D eigenvalue weighted by atomic mass is 10.0. The summed E-state index contributed by atoms with van der Waals surface area (Å²) in [5, 5.41) is 7.50. The van der Waals surface area contributed by atoms with E-state index in [9.17, 15) is 9.59 Å². The number of nitrogens with zero attached hydrogens (tertiary/aromatic N) is 2.